The van der Waals surface area contributed by atoms with E-state index in [1.807, 2.05) is 0 Å². The normalized spacial score (nSPS) is 22.3. The van der Waals surface area contributed by atoms with E-state index in [9.17, 15) is 30.7 Å². The maximum Gasteiger partial charge on any atom is 0.459 e. The van der Waals surface area contributed by atoms with Crippen molar-refractivity contribution in [2.24, 2.45) is 5.73 Å². The first-order chi connectivity index (χ1) is 5.96. The minimum absolute atomic E-state index is 0.536. The summed E-state index contributed by atoms with van der Waals surface area (Å²) < 4.78 is 84.7. The van der Waals surface area contributed by atoms with Gasteiger partial charge in [-0.25, -0.2) is 0 Å². The van der Waals surface area contributed by atoms with E-state index >= 15 is 0 Å². The summed E-state index contributed by atoms with van der Waals surface area (Å²) in [7, 11) is 0. The molecule has 0 aromatic heterocycles. The Labute approximate surface area is 74.1 Å². The Morgan fingerprint density at radius 1 is 0.857 bits per heavy atom. The second kappa shape index (κ2) is 2.53. The van der Waals surface area contributed by atoms with Crippen LogP contribution in [0.2, 0.25) is 0 Å². The van der Waals surface area contributed by atoms with Gasteiger partial charge in [0.15, 0.2) is 0 Å². The first kappa shape index (κ1) is 11.5. The molecule has 0 aromatic carbocycles. The zero-order valence-corrected chi connectivity index (χ0v) is 6.64. The fourth-order valence-corrected chi connectivity index (χ4v) is 0.939. The highest BCUT2D eigenvalue weighted by molar-refractivity contribution is 5.15. The molecule has 1 aliphatic carbocycles. The molecule has 14 heavy (non-hydrogen) atoms. The average Bonchev–Trinajstić information content (AvgIpc) is 2.66. The largest absolute Gasteiger partial charge is 0.459 e. The second-order valence-electron chi connectivity index (χ2n) is 3.30. The van der Waals surface area contributed by atoms with Crippen molar-refractivity contribution in [3.8, 4) is 0 Å². The van der Waals surface area contributed by atoms with Crippen LogP contribution in [0.3, 0.4) is 0 Å². The molecule has 0 radical (unpaired) electrons. The molecule has 8 heteroatoms. The lowest BCUT2D eigenvalue weighted by Crippen LogP contribution is -2.61. The minimum atomic E-state index is -6.29. The summed E-state index contributed by atoms with van der Waals surface area (Å²) in [4.78, 5) is 0. The van der Waals surface area contributed by atoms with Crippen molar-refractivity contribution >= 4 is 0 Å². The Bertz CT molecular complexity index is 224. The third kappa shape index (κ3) is 1.27. The maximum atomic E-state index is 12.7. The summed E-state index contributed by atoms with van der Waals surface area (Å²) in [6.45, 7) is 0. The van der Waals surface area contributed by atoms with Gasteiger partial charge in [0, 0.05) is 0 Å². The number of nitrogens with two attached hydrogens (primary N) is 1. The number of halogens is 7. The van der Waals surface area contributed by atoms with Crippen molar-refractivity contribution in [1.82, 2.24) is 0 Å². The quantitative estimate of drug-likeness (QED) is 0.717. The van der Waals surface area contributed by atoms with Crippen LogP contribution in [0.1, 0.15) is 12.8 Å². The van der Waals surface area contributed by atoms with E-state index in [4.69, 9.17) is 0 Å². The topological polar surface area (TPSA) is 26.0 Å². The van der Waals surface area contributed by atoms with Crippen LogP contribution in [0.5, 0.6) is 0 Å². The number of hydrogen-bond acceptors (Lipinski definition) is 1. The van der Waals surface area contributed by atoms with Gasteiger partial charge in [0.05, 0.1) is 5.54 Å². The predicted octanol–water partition coefficient (Wildman–Crippen LogP) is 2.31. The molecule has 0 bridgehead atoms. The number of rotatable bonds is 2. The van der Waals surface area contributed by atoms with Gasteiger partial charge in [0.1, 0.15) is 0 Å². The van der Waals surface area contributed by atoms with E-state index in [-0.39, 0.29) is 0 Å². The highest BCUT2D eigenvalue weighted by Crippen LogP contribution is 2.57. The zero-order chi connectivity index (χ0) is 11.4. The summed E-state index contributed by atoms with van der Waals surface area (Å²) in [5, 5.41) is 0. The standard InChI is InChI=1S/C6H6F7N/c7-4(8,3(14)1-2-3)5(9,10)6(11,12)13/h1-2,14H2. The molecule has 0 aliphatic heterocycles. The van der Waals surface area contributed by atoms with E-state index in [2.05, 4.69) is 5.73 Å². The lowest BCUT2D eigenvalue weighted by atomic mass is 10.0. The molecule has 1 rings (SSSR count). The predicted molar refractivity (Wildman–Crippen MR) is 32.1 cm³/mol. The van der Waals surface area contributed by atoms with Crippen molar-refractivity contribution in [2.45, 2.75) is 36.4 Å². The van der Waals surface area contributed by atoms with Crippen molar-refractivity contribution in [2.75, 3.05) is 0 Å². The molecule has 1 saturated carbocycles. The van der Waals surface area contributed by atoms with Crippen LogP contribution in [0, 0.1) is 0 Å². The van der Waals surface area contributed by atoms with Gasteiger partial charge in [-0.15, -0.1) is 0 Å². The lowest BCUT2D eigenvalue weighted by molar-refractivity contribution is -0.361. The molecule has 0 atom stereocenters. The van der Waals surface area contributed by atoms with Crippen molar-refractivity contribution < 1.29 is 30.7 Å². The molecular formula is C6H6F7N. The first-order valence-corrected chi connectivity index (χ1v) is 3.57. The Hall–Kier alpha value is -0.530. The highest BCUT2D eigenvalue weighted by Gasteiger charge is 2.81. The summed E-state index contributed by atoms with van der Waals surface area (Å²) in [5.41, 5.74) is 1.96. The fraction of sp³-hybridized carbons (Fsp3) is 1.00. The summed E-state index contributed by atoms with van der Waals surface area (Å²) >= 11 is 0. The van der Waals surface area contributed by atoms with Crippen LogP contribution in [0.15, 0.2) is 0 Å². The van der Waals surface area contributed by atoms with E-state index in [1.54, 1.807) is 0 Å². The van der Waals surface area contributed by atoms with Crippen LogP contribution in [-0.4, -0.2) is 23.6 Å². The van der Waals surface area contributed by atoms with Gasteiger partial charge in [0.25, 0.3) is 0 Å². The summed E-state index contributed by atoms with van der Waals surface area (Å²) in [6.07, 6.45) is -7.36. The van der Waals surface area contributed by atoms with Gasteiger partial charge in [-0.3, -0.25) is 0 Å². The van der Waals surface area contributed by atoms with Gasteiger partial charge in [-0.05, 0) is 12.8 Å². The van der Waals surface area contributed by atoms with E-state index in [1.165, 1.54) is 0 Å². The zero-order valence-electron chi connectivity index (χ0n) is 6.64. The summed E-state index contributed by atoms with van der Waals surface area (Å²) in [6, 6.07) is 0. The van der Waals surface area contributed by atoms with Crippen LogP contribution in [-0.2, 0) is 0 Å². The second-order valence-corrected chi connectivity index (χ2v) is 3.30. The third-order valence-electron chi connectivity index (χ3n) is 2.16. The SMILES string of the molecule is NC1(C(F)(F)C(F)(F)C(F)(F)F)CC1. The van der Waals surface area contributed by atoms with Crippen LogP contribution < -0.4 is 5.73 Å². The molecule has 1 fully saturated rings. The molecule has 0 amide bonds. The molecule has 0 heterocycles. The van der Waals surface area contributed by atoms with Crippen molar-refractivity contribution in [3.05, 3.63) is 0 Å². The smallest absolute Gasteiger partial charge is 0.320 e. The van der Waals surface area contributed by atoms with Crippen LogP contribution in [0.25, 0.3) is 0 Å². The van der Waals surface area contributed by atoms with Gasteiger partial charge in [-0.1, -0.05) is 0 Å². The Morgan fingerprint density at radius 3 is 1.43 bits per heavy atom. The van der Waals surface area contributed by atoms with E-state index < -0.39 is 36.4 Å². The maximum absolute atomic E-state index is 12.7. The lowest BCUT2D eigenvalue weighted by Gasteiger charge is -2.32. The Morgan fingerprint density at radius 2 is 1.21 bits per heavy atom. The van der Waals surface area contributed by atoms with E-state index in [0.29, 0.717) is 0 Å². The first-order valence-electron chi connectivity index (χ1n) is 3.57. The minimum Gasteiger partial charge on any atom is -0.320 e. The number of hydrogen-bond donors (Lipinski definition) is 1. The fourth-order valence-electron chi connectivity index (χ4n) is 0.939. The third-order valence-corrected chi connectivity index (χ3v) is 2.16. The van der Waals surface area contributed by atoms with Gasteiger partial charge in [-0.2, -0.15) is 30.7 Å². The molecule has 0 aromatic rings. The molecular weight excluding hydrogens is 219 g/mol. The Balaban J connectivity index is 3.03. The monoisotopic (exact) mass is 225 g/mol. The average molecular weight is 225 g/mol. The van der Waals surface area contributed by atoms with Crippen LogP contribution in [0.4, 0.5) is 30.7 Å². The highest BCUT2D eigenvalue weighted by atomic mass is 19.4. The molecule has 1 aliphatic rings. The molecule has 0 unspecified atom stereocenters. The van der Waals surface area contributed by atoms with Crippen LogP contribution >= 0.6 is 0 Å². The van der Waals surface area contributed by atoms with Crippen molar-refractivity contribution in [1.29, 1.82) is 0 Å². The Kier molecular flexibility index (Phi) is 2.09. The van der Waals surface area contributed by atoms with Gasteiger partial charge in [0.2, 0.25) is 0 Å². The number of alkyl halides is 7. The van der Waals surface area contributed by atoms with Gasteiger partial charge >= 0.3 is 18.0 Å². The molecule has 1 nitrogen and oxygen atoms in total. The molecule has 2 N–H and O–H groups in total. The molecule has 0 spiro atoms. The van der Waals surface area contributed by atoms with Crippen molar-refractivity contribution in [3.63, 3.8) is 0 Å². The van der Waals surface area contributed by atoms with E-state index in [0.717, 1.165) is 0 Å². The van der Waals surface area contributed by atoms with Gasteiger partial charge < -0.3 is 5.73 Å². The molecule has 0 saturated heterocycles. The molecule has 84 valence electrons. The summed E-state index contributed by atoms with van der Waals surface area (Å²) in [5.74, 6) is -11.3.